The van der Waals surface area contributed by atoms with Crippen molar-refractivity contribution < 1.29 is 4.79 Å². The lowest BCUT2D eigenvalue weighted by Crippen LogP contribution is -2.34. The quantitative estimate of drug-likeness (QED) is 0.819. The molecule has 0 saturated carbocycles. The van der Waals surface area contributed by atoms with E-state index in [1.165, 1.54) is 18.2 Å². The van der Waals surface area contributed by atoms with Gasteiger partial charge in [-0.25, -0.2) is 0 Å². The Labute approximate surface area is 127 Å². The zero-order chi connectivity index (χ0) is 13.9. The molecular formula is C16H19BrN2O. The average molecular weight is 335 g/mol. The highest BCUT2D eigenvalue weighted by Crippen LogP contribution is 2.21. The number of benzene rings is 1. The molecule has 0 bridgehead atoms. The fourth-order valence-electron chi connectivity index (χ4n) is 2.86. The third kappa shape index (κ3) is 2.90. The van der Waals surface area contributed by atoms with Crippen molar-refractivity contribution in [2.45, 2.75) is 32.2 Å². The van der Waals surface area contributed by atoms with Crippen LogP contribution < -0.4 is 0 Å². The summed E-state index contributed by atoms with van der Waals surface area (Å²) >= 11 is 3.50. The predicted octanol–water partition coefficient (Wildman–Crippen LogP) is 3.81. The van der Waals surface area contributed by atoms with Crippen molar-refractivity contribution in [1.82, 2.24) is 9.47 Å². The second-order valence-corrected chi connectivity index (χ2v) is 6.36. The molecule has 1 aliphatic rings. The smallest absolute Gasteiger partial charge is 0.242 e. The summed E-state index contributed by atoms with van der Waals surface area (Å²) in [7, 11) is 0. The first kappa shape index (κ1) is 13.7. The number of fused-ring (bicyclic) bond motifs is 1. The van der Waals surface area contributed by atoms with Crippen molar-refractivity contribution in [3.63, 3.8) is 0 Å². The summed E-state index contributed by atoms with van der Waals surface area (Å²) in [6.07, 6.45) is 6.80. The molecule has 1 aromatic heterocycles. The fraction of sp³-hybridized carbons (Fsp3) is 0.438. The number of amides is 1. The number of rotatable bonds is 2. The van der Waals surface area contributed by atoms with Gasteiger partial charge in [0.15, 0.2) is 0 Å². The Hall–Kier alpha value is -1.29. The highest BCUT2D eigenvalue weighted by molar-refractivity contribution is 9.10. The minimum absolute atomic E-state index is 0.240. The average Bonchev–Trinajstić information content (AvgIpc) is 2.67. The van der Waals surface area contributed by atoms with Crippen LogP contribution in [0.2, 0.25) is 0 Å². The third-order valence-corrected chi connectivity index (χ3v) is 4.49. The summed E-state index contributed by atoms with van der Waals surface area (Å²) in [5, 5.41) is 1.18. The van der Waals surface area contributed by atoms with E-state index in [0.29, 0.717) is 6.54 Å². The van der Waals surface area contributed by atoms with Crippen LogP contribution in [0.5, 0.6) is 0 Å². The number of carbonyl (C=O) groups is 1. The van der Waals surface area contributed by atoms with Crippen LogP contribution in [-0.4, -0.2) is 28.5 Å². The van der Waals surface area contributed by atoms with Crippen molar-refractivity contribution in [3.8, 4) is 0 Å². The maximum absolute atomic E-state index is 12.4. The molecule has 2 heterocycles. The molecule has 0 spiro atoms. The summed E-state index contributed by atoms with van der Waals surface area (Å²) < 4.78 is 3.10. The van der Waals surface area contributed by atoms with E-state index in [9.17, 15) is 4.79 Å². The number of hydrogen-bond acceptors (Lipinski definition) is 1. The van der Waals surface area contributed by atoms with Gasteiger partial charge in [0.2, 0.25) is 5.91 Å². The Morgan fingerprint density at radius 2 is 1.85 bits per heavy atom. The number of carbonyl (C=O) groups excluding carboxylic acids is 1. The molecule has 106 valence electrons. The summed E-state index contributed by atoms with van der Waals surface area (Å²) in [6.45, 7) is 2.28. The van der Waals surface area contributed by atoms with E-state index in [0.717, 1.165) is 35.9 Å². The molecule has 1 saturated heterocycles. The van der Waals surface area contributed by atoms with Gasteiger partial charge in [0, 0.05) is 29.3 Å². The van der Waals surface area contributed by atoms with Gasteiger partial charge in [-0.1, -0.05) is 34.8 Å². The summed E-state index contributed by atoms with van der Waals surface area (Å²) in [4.78, 5) is 14.5. The molecule has 1 aliphatic heterocycles. The van der Waals surface area contributed by atoms with Crippen molar-refractivity contribution in [2.75, 3.05) is 13.1 Å². The van der Waals surface area contributed by atoms with Crippen LogP contribution in [0.15, 0.2) is 34.9 Å². The molecule has 1 amide bonds. The van der Waals surface area contributed by atoms with E-state index in [2.05, 4.69) is 34.1 Å². The van der Waals surface area contributed by atoms with Crippen LogP contribution in [0, 0.1) is 0 Å². The van der Waals surface area contributed by atoms with Gasteiger partial charge < -0.3 is 9.47 Å². The molecule has 3 rings (SSSR count). The van der Waals surface area contributed by atoms with Gasteiger partial charge in [0.25, 0.3) is 0 Å². The van der Waals surface area contributed by atoms with Crippen molar-refractivity contribution in [2.24, 2.45) is 0 Å². The van der Waals surface area contributed by atoms with Gasteiger partial charge in [-0.3, -0.25) is 4.79 Å². The maximum atomic E-state index is 12.4. The molecule has 2 aromatic rings. The summed E-state index contributed by atoms with van der Waals surface area (Å²) in [6, 6.07) is 8.25. The molecule has 1 fully saturated rings. The molecule has 1 aromatic carbocycles. The van der Waals surface area contributed by atoms with Crippen LogP contribution in [0.1, 0.15) is 25.7 Å². The van der Waals surface area contributed by atoms with Gasteiger partial charge in [0.05, 0.1) is 0 Å². The molecular weight excluding hydrogens is 316 g/mol. The zero-order valence-corrected chi connectivity index (χ0v) is 13.1. The van der Waals surface area contributed by atoms with Crippen LogP contribution in [-0.2, 0) is 11.3 Å². The Kier molecular flexibility index (Phi) is 4.10. The van der Waals surface area contributed by atoms with E-state index in [4.69, 9.17) is 0 Å². The first-order valence-corrected chi connectivity index (χ1v) is 8.05. The first-order chi connectivity index (χ1) is 9.74. The lowest BCUT2D eigenvalue weighted by molar-refractivity contribution is -0.131. The zero-order valence-electron chi connectivity index (χ0n) is 11.5. The number of halogens is 1. The Balaban J connectivity index is 1.78. The van der Waals surface area contributed by atoms with Crippen molar-refractivity contribution in [1.29, 1.82) is 0 Å². The fourth-order valence-corrected chi connectivity index (χ4v) is 3.21. The van der Waals surface area contributed by atoms with Crippen LogP contribution >= 0.6 is 15.9 Å². The minimum Gasteiger partial charge on any atom is -0.341 e. The SMILES string of the molecule is O=C(Cn1ccc2ccc(Br)cc21)N1CCCCCC1. The van der Waals surface area contributed by atoms with E-state index >= 15 is 0 Å². The highest BCUT2D eigenvalue weighted by atomic mass is 79.9. The second-order valence-electron chi connectivity index (χ2n) is 5.44. The Morgan fingerprint density at radius 1 is 1.10 bits per heavy atom. The predicted molar refractivity (Wildman–Crippen MR) is 84.7 cm³/mol. The standard InChI is InChI=1S/C16H19BrN2O/c17-14-6-5-13-7-10-19(15(13)11-14)12-16(20)18-8-3-1-2-4-9-18/h5-7,10-11H,1-4,8-9,12H2. The Bertz CT molecular complexity index is 612. The highest BCUT2D eigenvalue weighted by Gasteiger charge is 2.16. The molecule has 0 atom stereocenters. The molecule has 0 unspecified atom stereocenters. The van der Waals surface area contributed by atoms with Crippen molar-refractivity contribution in [3.05, 3.63) is 34.9 Å². The van der Waals surface area contributed by atoms with Gasteiger partial charge in [0.1, 0.15) is 6.54 Å². The van der Waals surface area contributed by atoms with Crippen LogP contribution in [0.4, 0.5) is 0 Å². The number of hydrogen-bond donors (Lipinski definition) is 0. The van der Waals surface area contributed by atoms with Gasteiger partial charge in [-0.05, 0) is 36.4 Å². The van der Waals surface area contributed by atoms with Gasteiger partial charge in [-0.15, -0.1) is 0 Å². The molecule has 3 nitrogen and oxygen atoms in total. The van der Waals surface area contributed by atoms with Gasteiger partial charge in [-0.2, -0.15) is 0 Å². The summed E-state index contributed by atoms with van der Waals surface area (Å²) in [5.41, 5.74) is 1.11. The molecule has 0 radical (unpaired) electrons. The maximum Gasteiger partial charge on any atom is 0.242 e. The van der Waals surface area contributed by atoms with E-state index in [-0.39, 0.29) is 5.91 Å². The Morgan fingerprint density at radius 3 is 2.60 bits per heavy atom. The molecule has 4 heteroatoms. The molecule has 0 aliphatic carbocycles. The minimum atomic E-state index is 0.240. The van der Waals surface area contributed by atoms with Crippen LogP contribution in [0.25, 0.3) is 10.9 Å². The third-order valence-electron chi connectivity index (χ3n) is 4.00. The largest absolute Gasteiger partial charge is 0.341 e. The van der Waals surface area contributed by atoms with Crippen LogP contribution in [0.3, 0.4) is 0 Å². The normalized spacial score (nSPS) is 16.4. The molecule has 20 heavy (non-hydrogen) atoms. The number of nitrogens with zero attached hydrogens (tertiary/aromatic N) is 2. The van der Waals surface area contributed by atoms with E-state index < -0.39 is 0 Å². The topological polar surface area (TPSA) is 25.2 Å². The number of likely N-dealkylation sites (tertiary alicyclic amines) is 1. The first-order valence-electron chi connectivity index (χ1n) is 7.26. The van der Waals surface area contributed by atoms with Crippen molar-refractivity contribution >= 4 is 32.7 Å². The van der Waals surface area contributed by atoms with E-state index in [1.807, 2.05) is 21.7 Å². The second kappa shape index (κ2) is 6.00. The lowest BCUT2D eigenvalue weighted by Gasteiger charge is -2.20. The van der Waals surface area contributed by atoms with E-state index in [1.54, 1.807) is 0 Å². The summed E-state index contributed by atoms with van der Waals surface area (Å²) in [5.74, 6) is 0.240. The monoisotopic (exact) mass is 334 g/mol. The number of aromatic nitrogens is 1. The molecule has 0 N–H and O–H groups in total. The lowest BCUT2D eigenvalue weighted by atomic mass is 10.2. The van der Waals surface area contributed by atoms with Gasteiger partial charge >= 0.3 is 0 Å².